The van der Waals surface area contributed by atoms with E-state index in [1.54, 1.807) is 12.1 Å². The third-order valence-corrected chi connectivity index (χ3v) is 3.61. The molecule has 7 nitrogen and oxygen atoms in total. The maximum absolute atomic E-state index is 12.5. The van der Waals surface area contributed by atoms with Crippen molar-refractivity contribution in [2.75, 3.05) is 5.32 Å². The van der Waals surface area contributed by atoms with E-state index in [1.807, 2.05) is 30.3 Å². The lowest BCUT2D eigenvalue weighted by molar-refractivity contribution is 0.475. The minimum absolute atomic E-state index is 0.149. The summed E-state index contributed by atoms with van der Waals surface area (Å²) in [4.78, 5) is 19.6. The number of aromatic nitrogens is 4. The van der Waals surface area contributed by atoms with Crippen LogP contribution in [0.2, 0.25) is 0 Å². The van der Waals surface area contributed by atoms with Crippen LogP contribution in [0.5, 0.6) is 5.75 Å². The number of nitrogens with one attached hydrogen (secondary N) is 3. The fourth-order valence-electron chi connectivity index (χ4n) is 2.44. The number of hydrogen-bond acceptors (Lipinski definition) is 5. The normalized spacial score (nSPS) is 10.8. The lowest BCUT2D eigenvalue weighted by atomic mass is 10.2. The molecular formula is C17H13N5O2. The second kappa shape index (κ2) is 5.54. The lowest BCUT2D eigenvalue weighted by Gasteiger charge is -2.04. The fraction of sp³-hybridized carbons (Fsp3) is 0. The fourth-order valence-corrected chi connectivity index (χ4v) is 2.44. The van der Waals surface area contributed by atoms with Crippen molar-refractivity contribution >= 4 is 22.5 Å². The van der Waals surface area contributed by atoms with Crippen LogP contribution in [0.4, 0.5) is 11.5 Å². The van der Waals surface area contributed by atoms with E-state index in [-0.39, 0.29) is 11.3 Å². The summed E-state index contributed by atoms with van der Waals surface area (Å²) in [5.74, 6) is 1.03. The predicted octanol–water partition coefficient (Wildman–Crippen LogP) is 2.76. The second-order valence-electron chi connectivity index (χ2n) is 5.25. The van der Waals surface area contributed by atoms with Gasteiger partial charge < -0.3 is 15.4 Å². The number of aromatic amines is 2. The summed E-state index contributed by atoms with van der Waals surface area (Å²) in [5, 5.41) is 19.8. The molecular weight excluding hydrogens is 306 g/mol. The van der Waals surface area contributed by atoms with Crippen molar-refractivity contribution in [1.82, 2.24) is 20.2 Å². The van der Waals surface area contributed by atoms with Crippen LogP contribution in [0.1, 0.15) is 0 Å². The van der Waals surface area contributed by atoms with Gasteiger partial charge in [0.2, 0.25) is 0 Å². The molecule has 2 heterocycles. The standard InChI is InChI=1S/C17H13N5O2/c23-12-8-6-10(7-9-12)14-19-16-13(17(24)20-14)15(21-22-16)18-11-4-2-1-3-5-11/h1-9,23H,(H3,18,19,20,21,22,24). The molecule has 0 fully saturated rings. The first kappa shape index (κ1) is 14.0. The molecule has 2 aromatic heterocycles. The van der Waals surface area contributed by atoms with Gasteiger partial charge in [-0.2, -0.15) is 5.10 Å². The zero-order chi connectivity index (χ0) is 16.5. The van der Waals surface area contributed by atoms with Crippen LogP contribution >= 0.6 is 0 Å². The van der Waals surface area contributed by atoms with E-state index >= 15 is 0 Å². The van der Waals surface area contributed by atoms with E-state index < -0.39 is 0 Å². The molecule has 4 N–H and O–H groups in total. The van der Waals surface area contributed by atoms with Gasteiger partial charge >= 0.3 is 0 Å². The van der Waals surface area contributed by atoms with Crippen LogP contribution in [0, 0.1) is 0 Å². The van der Waals surface area contributed by atoms with Gasteiger partial charge in [-0.3, -0.25) is 9.89 Å². The molecule has 0 atom stereocenters. The van der Waals surface area contributed by atoms with E-state index in [2.05, 4.69) is 25.5 Å². The average Bonchev–Trinajstić information content (AvgIpc) is 3.00. The molecule has 0 aliphatic carbocycles. The Morgan fingerprint density at radius 1 is 1.00 bits per heavy atom. The molecule has 0 aliphatic rings. The number of aromatic hydroxyl groups is 1. The van der Waals surface area contributed by atoms with Crippen LogP contribution in [-0.2, 0) is 0 Å². The summed E-state index contributed by atoms with van der Waals surface area (Å²) >= 11 is 0. The summed E-state index contributed by atoms with van der Waals surface area (Å²) in [6, 6.07) is 15.9. The minimum atomic E-state index is -0.296. The number of anilines is 2. The van der Waals surface area contributed by atoms with Gasteiger partial charge in [-0.25, -0.2) is 4.98 Å². The maximum Gasteiger partial charge on any atom is 0.264 e. The molecule has 0 saturated heterocycles. The Hall–Kier alpha value is -3.61. The first-order valence-corrected chi connectivity index (χ1v) is 7.30. The second-order valence-corrected chi connectivity index (χ2v) is 5.25. The average molecular weight is 319 g/mol. The van der Waals surface area contributed by atoms with Crippen LogP contribution < -0.4 is 10.9 Å². The van der Waals surface area contributed by atoms with Gasteiger partial charge in [0.15, 0.2) is 5.65 Å². The SMILES string of the molecule is O=c1[nH]c(-c2ccc(O)cc2)nc2n[nH]c(Nc3ccccc3)c12. The van der Waals surface area contributed by atoms with Gasteiger partial charge in [0.25, 0.3) is 5.56 Å². The molecule has 0 aliphatic heterocycles. The topological polar surface area (TPSA) is 107 Å². The lowest BCUT2D eigenvalue weighted by Crippen LogP contribution is -2.10. The number of rotatable bonds is 3. The molecule has 0 amide bonds. The number of phenolic OH excluding ortho intramolecular Hbond substituents is 1. The largest absolute Gasteiger partial charge is 0.508 e. The molecule has 0 saturated carbocycles. The van der Waals surface area contributed by atoms with Gasteiger partial charge in [0.1, 0.15) is 22.8 Å². The molecule has 2 aromatic carbocycles. The highest BCUT2D eigenvalue weighted by Gasteiger charge is 2.13. The number of hydrogen-bond donors (Lipinski definition) is 4. The zero-order valence-corrected chi connectivity index (χ0v) is 12.4. The third kappa shape index (κ3) is 2.48. The van der Waals surface area contributed by atoms with E-state index in [4.69, 9.17) is 0 Å². The Kier molecular flexibility index (Phi) is 3.24. The number of benzene rings is 2. The molecule has 4 rings (SSSR count). The van der Waals surface area contributed by atoms with Crippen molar-refractivity contribution in [2.24, 2.45) is 0 Å². The van der Waals surface area contributed by atoms with E-state index in [0.717, 1.165) is 5.69 Å². The van der Waals surface area contributed by atoms with E-state index in [0.29, 0.717) is 28.2 Å². The molecule has 24 heavy (non-hydrogen) atoms. The van der Waals surface area contributed by atoms with Crippen molar-refractivity contribution in [3.05, 3.63) is 65.0 Å². The predicted molar refractivity (Wildman–Crippen MR) is 91.3 cm³/mol. The number of phenols is 1. The molecule has 0 unspecified atom stereocenters. The molecule has 118 valence electrons. The van der Waals surface area contributed by atoms with Crippen LogP contribution in [-0.4, -0.2) is 25.3 Å². The van der Waals surface area contributed by atoms with Crippen molar-refractivity contribution < 1.29 is 5.11 Å². The third-order valence-electron chi connectivity index (χ3n) is 3.61. The molecule has 0 bridgehead atoms. The zero-order valence-electron chi connectivity index (χ0n) is 12.4. The summed E-state index contributed by atoms with van der Waals surface area (Å²) in [6.07, 6.45) is 0. The van der Waals surface area contributed by atoms with Crippen LogP contribution in [0.25, 0.3) is 22.4 Å². The minimum Gasteiger partial charge on any atom is -0.508 e. The van der Waals surface area contributed by atoms with Crippen molar-refractivity contribution in [2.45, 2.75) is 0 Å². The van der Waals surface area contributed by atoms with Crippen molar-refractivity contribution in [3.8, 4) is 17.1 Å². The maximum atomic E-state index is 12.5. The quantitative estimate of drug-likeness (QED) is 0.464. The van der Waals surface area contributed by atoms with Crippen molar-refractivity contribution in [3.63, 3.8) is 0 Å². The monoisotopic (exact) mass is 319 g/mol. The first-order chi connectivity index (χ1) is 11.7. The Morgan fingerprint density at radius 3 is 2.50 bits per heavy atom. The van der Waals surface area contributed by atoms with E-state index in [9.17, 15) is 9.90 Å². The Morgan fingerprint density at radius 2 is 1.75 bits per heavy atom. The van der Waals surface area contributed by atoms with Gasteiger partial charge in [-0.15, -0.1) is 0 Å². The number of H-pyrrole nitrogens is 2. The Bertz CT molecular complexity index is 1050. The van der Waals surface area contributed by atoms with Crippen LogP contribution in [0.3, 0.4) is 0 Å². The highest BCUT2D eigenvalue weighted by atomic mass is 16.3. The Balaban J connectivity index is 1.78. The van der Waals surface area contributed by atoms with Gasteiger partial charge in [-0.05, 0) is 36.4 Å². The molecule has 0 radical (unpaired) electrons. The summed E-state index contributed by atoms with van der Waals surface area (Å²) in [6.45, 7) is 0. The highest BCUT2D eigenvalue weighted by Crippen LogP contribution is 2.22. The number of nitrogens with zero attached hydrogens (tertiary/aromatic N) is 2. The molecule has 4 aromatic rings. The summed E-state index contributed by atoms with van der Waals surface area (Å²) in [5.41, 5.74) is 1.55. The summed E-state index contributed by atoms with van der Waals surface area (Å²) < 4.78 is 0. The molecule has 0 spiro atoms. The number of para-hydroxylation sites is 1. The molecule has 7 heteroatoms. The Labute approximate surface area is 136 Å². The van der Waals surface area contributed by atoms with Gasteiger partial charge in [-0.1, -0.05) is 18.2 Å². The smallest absolute Gasteiger partial charge is 0.264 e. The summed E-state index contributed by atoms with van der Waals surface area (Å²) in [7, 11) is 0. The highest BCUT2D eigenvalue weighted by molar-refractivity contribution is 5.89. The van der Waals surface area contributed by atoms with E-state index in [1.165, 1.54) is 12.1 Å². The number of fused-ring (bicyclic) bond motifs is 1. The first-order valence-electron chi connectivity index (χ1n) is 7.30. The van der Waals surface area contributed by atoms with Crippen LogP contribution in [0.15, 0.2) is 59.4 Å². The van der Waals surface area contributed by atoms with Crippen molar-refractivity contribution in [1.29, 1.82) is 0 Å². The van der Waals surface area contributed by atoms with Gasteiger partial charge in [0, 0.05) is 11.3 Å². The van der Waals surface area contributed by atoms with Gasteiger partial charge in [0.05, 0.1) is 0 Å².